The van der Waals surface area contributed by atoms with Crippen LogP contribution in [0.4, 0.5) is 0 Å². The molecule has 0 aromatic rings. The van der Waals surface area contributed by atoms with Crippen LogP contribution in [0.25, 0.3) is 0 Å². The van der Waals surface area contributed by atoms with Gasteiger partial charge >= 0.3 is 5.97 Å². The predicted molar refractivity (Wildman–Crippen MR) is 60.8 cm³/mol. The molecule has 0 amide bonds. The molecule has 0 bridgehead atoms. The number of hydrogen-bond donors (Lipinski definition) is 0. The molecule has 0 aliphatic rings. The maximum Gasteiger partial charge on any atom is 0.334 e. The van der Waals surface area contributed by atoms with Crippen molar-refractivity contribution in [3.63, 3.8) is 0 Å². The first-order valence-electron chi connectivity index (χ1n) is 5.90. The molecule has 0 aliphatic carbocycles. The van der Waals surface area contributed by atoms with E-state index in [9.17, 15) is 4.79 Å². The van der Waals surface area contributed by atoms with Gasteiger partial charge in [0.1, 0.15) is 0 Å². The minimum atomic E-state index is -0.448. The fraction of sp³-hybridized carbons (Fsp3) is 0.917. The van der Waals surface area contributed by atoms with Crippen molar-refractivity contribution < 1.29 is 14.3 Å². The molecule has 0 aromatic heterocycles. The quantitative estimate of drug-likeness (QED) is 0.462. The summed E-state index contributed by atoms with van der Waals surface area (Å²) in [5.74, 6) is -0.250. The smallest absolute Gasteiger partial charge is 0.334 e. The normalized spacial score (nSPS) is 12.9. The van der Waals surface area contributed by atoms with Crippen LogP contribution in [0, 0.1) is 0 Å². The molecule has 1 atom stereocenters. The third-order valence-electron chi connectivity index (χ3n) is 2.05. The summed E-state index contributed by atoms with van der Waals surface area (Å²) < 4.78 is 10.4. The summed E-state index contributed by atoms with van der Waals surface area (Å²) in [7, 11) is 0. The van der Waals surface area contributed by atoms with E-state index >= 15 is 0 Å². The van der Waals surface area contributed by atoms with Crippen LogP contribution in [0.1, 0.15) is 53.4 Å². The number of carbonyl (C=O) groups is 1. The van der Waals surface area contributed by atoms with Gasteiger partial charge in [-0.25, -0.2) is 4.79 Å². The van der Waals surface area contributed by atoms with Crippen LogP contribution in [-0.4, -0.2) is 24.8 Å². The molecule has 0 saturated carbocycles. The second-order valence-electron chi connectivity index (χ2n) is 4.06. The lowest BCUT2D eigenvalue weighted by atomic mass is 10.2. The second-order valence-corrected chi connectivity index (χ2v) is 4.06. The van der Waals surface area contributed by atoms with Crippen molar-refractivity contribution in [3.05, 3.63) is 0 Å². The zero-order valence-electron chi connectivity index (χ0n) is 10.4. The maximum absolute atomic E-state index is 11.4. The Morgan fingerprint density at radius 1 is 1.13 bits per heavy atom. The number of ether oxygens (including phenoxy) is 2. The van der Waals surface area contributed by atoms with E-state index in [2.05, 4.69) is 6.92 Å². The first-order valence-corrected chi connectivity index (χ1v) is 5.90. The SMILES string of the molecule is CCCCCCOC(=O)C(C)OC(C)C. The molecule has 3 heteroatoms. The molecule has 0 N–H and O–H groups in total. The first-order chi connectivity index (χ1) is 7.07. The molecule has 0 fully saturated rings. The third kappa shape index (κ3) is 8.43. The zero-order valence-corrected chi connectivity index (χ0v) is 10.4. The largest absolute Gasteiger partial charge is 0.464 e. The number of carbonyl (C=O) groups excluding carboxylic acids is 1. The molecule has 0 spiro atoms. The van der Waals surface area contributed by atoms with Crippen molar-refractivity contribution in [3.8, 4) is 0 Å². The molecule has 0 saturated heterocycles. The summed E-state index contributed by atoms with van der Waals surface area (Å²) in [6, 6.07) is 0. The Bertz CT molecular complexity index is 166. The molecule has 15 heavy (non-hydrogen) atoms. The average molecular weight is 216 g/mol. The van der Waals surface area contributed by atoms with Gasteiger partial charge in [-0.3, -0.25) is 0 Å². The van der Waals surface area contributed by atoms with Crippen LogP contribution >= 0.6 is 0 Å². The highest BCUT2D eigenvalue weighted by Crippen LogP contribution is 2.02. The van der Waals surface area contributed by atoms with Gasteiger partial charge in [-0.15, -0.1) is 0 Å². The highest BCUT2D eigenvalue weighted by Gasteiger charge is 2.15. The van der Waals surface area contributed by atoms with Crippen LogP contribution in [0.5, 0.6) is 0 Å². The number of esters is 1. The molecule has 0 rings (SSSR count). The molecule has 3 nitrogen and oxygen atoms in total. The summed E-state index contributed by atoms with van der Waals surface area (Å²) in [5.41, 5.74) is 0. The van der Waals surface area contributed by atoms with Gasteiger partial charge in [0.15, 0.2) is 6.10 Å². The van der Waals surface area contributed by atoms with Crippen LogP contribution < -0.4 is 0 Å². The number of rotatable bonds is 8. The highest BCUT2D eigenvalue weighted by atomic mass is 16.6. The van der Waals surface area contributed by atoms with Crippen LogP contribution in [0.3, 0.4) is 0 Å². The molecule has 90 valence electrons. The summed E-state index contributed by atoms with van der Waals surface area (Å²) >= 11 is 0. The Morgan fingerprint density at radius 2 is 1.80 bits per heavy atom. The first kappa shape index (κ1) is 14.4. The summed E-state index contributed by atoms with van der Waals surface area (Å²) in [4.78, 5) is 11.4. The molecule has 1 unspecified atom stereocenters. The van der Waals surface area contributed by atoms with Gasteiger partial charge in [-0.2, -0.15) is 0 Å². The van der Waals surface area contributed by atoms with E-state index in [-0.39, 0.29) is 12.1 Å². The summed E-state index contributed by atoms with van der Waals surface area (Å²) in [5, 5.41) is 0. The Hall–Kier alpha value is -0.570. The molecule has 0 aromatic carbocycles. The monoisotopic (exact) mass is 216 g/mol. The lowest BCUT2D eigenvalue weighted by Gasteiger charge is -2.14. The van der Waals surface area contributed by atoms with Crippen molar-refractivity contribution in [2.24, 2.45) is 0 Å². The summed E-state index contributed by atoms with van der Waals surface area (Å²) in [6.07, 6.45) is 4.09. The van der Waals surface area contributed by atoms with Crippen molar-refractivity contribution in [2.45, 2.75) is 65.6 Å². The van der Waals surface area contributed by atoms with Crippen LogP contribution in [0.2, 0.25) is 0 Å². The van der Waals surface area contributed by atoms with E-state index in [1.807, 2.05) is 13.8 Å². The van der Waals surface area contributed by atoms with Gasteiger partial charge in [-0.1, -0.05) is 26.2 Å². The number of unbranched alkanes of at least 4 members (excludes halogenated alkanes) is 3. The van der Waals surface area contributed by atoms with Crippen LogP contribution in [-0.2, 0) is 14.3 Å². The topological polar surface area (TPSA) is 35.5 Å². The Kier molecular flexibility index (Phi) is 8.38. The average Bonchev–Trinajstić information content (AvgIpc) is 2.16. The Morgan fingerprint density at radius 3 is 2.33 bits per heavy atom. The van der Waals surface area contributed by atoms with E-state index < -0.39 is 6.10 Å². The zero-order chi connectivity index (χ0) is 11.7. The summed E-state index contributed by atoms with van der Waals surface area (Å²) in [6.45, 7) is 8.22. The van der Waals surface area contributed by atoms with Gasteiger partial charge in [0.05, 0.1) is 12.7 Å². The van der Waals surface area contributed by atoms with Gasteiger partial charge in [-0.05, 0) is 27.2 Å². The van der Waals surface area contributed by atoms with E-state index in [4.69, 9.17) is 9.47 Å². The fourth-order valence-electron chi connectivity index (χ4n) is 1.28. The minimum Gasteiger partial charge on any atom is -0.464 e. The lowest BCUT2D eigenvalue weighted by molar-refractivity contribution is -0.158. The Labute approximate surface area is 93.1 Å². The fourth-order valence-corrected chi connectivity index (χ4v) is 1.28. The molecular weight excluding hydrogens is 192 g/mol. The van der Waals surface area contributed by atoms with E-state index in [0.29, 0.717) is 6.61 Å². The van der Waals surface area contributed by atoms with Gasteiger partial charge < -0.3 is 9.47 Å². The van der Waals surface area contributed by atoms with Crippen molar-refractivity contribution in [1.29, 1.82) is 0 Å². The van der Waals surface area contributed by atoms with Crippen molar-refractivity contribution in [2.75, 3.05) is 6.61 Å². The molecule has 0 radical (unpaired) electrons. The highest BCUT2D eigenvalue weighted by molar-refractivity contribution is 5.74. The van der Waals surface area contributed by atoms with Crippen molar-refractivity contribution in [1.82, 2.24) is 0 Å². The number of hydrogen-bond acceptors (Lipinski definition) is 3. The third-order valence-corrected chi connectivity index (χ3v) is 2.05. The standard InChI is InChI=1S/C12H24O3/c1-5-6-7-8-9-14-12(13)11(4)15-10(2)3/h10-11H,5-9H2,1-4H3. The predicted octanol–water partition coefficient (Wildman–Crippen LogP) is 2.92. The molecule has 0 aliphatic heterocycles. The van der Waals surface area contributed by atoms with E-state index in [0.717, 1.165) is 12.8 Å². The molecule has 0 heterocycles. The van der Waals surface area contributed by atoms with Crippen molar-refractivity contribution >= 4 is 5.97 Å². The van der Waals surface area contributed by atoms with Gasteiger partial charge in [0.25, 0.3) is 0 Å². The van der Waals surface area contributed by atoms with E-state index in [1.165, 1.54) is 12.8 Å². The minimum absolute atomic E-state index is 0.0626. The maximum atomic E-state index is 11.4. The molecular formula is C12H24O3. The van der Waals surface area contributed by atoms with Gasteiger partial charge in [0.2, 0.25) is 0 Å². The lowest BCUT2D eigenvalue weighted by Crippen LogP contribution is -2.26. The second kappa shape index (κ2) is 8.72. The van der Waals surface area contributed by atoms with Gasteiger partial charge in [0, 0.05) is 0 Å². The van der Waals surface area contributed by atoms with Crippen LogP contribution in [0.15, 0.2) is 0 Å². The van der Waals surface area contributed by atoms with E-state index in [1.54, 1.807) is 6.92 Å². The Balaban J connectivity index is 3.47.